The number of carbonyl (C=O) groups excluding carboxylic acids is 2. The van der Waals surface area contributed by atoms with E-state index in [-0.39, 0.29) is 18.4 Å². The molecule has 2 aromatic heterocycles. The van der Waals surface area contributed by atoms with Gasteiger partial charge >= 0.3 is 0 Å². The Bertz CT molecular complexity index is 1360. The Morgan fingerprint density at radius 1 is 1.11 bits per heavy atom. The number of fused-ring (bicyclic) bond motifs is 1. The molecule has 0 spiro atoms. The van der Waals surface area contributed by atoms with Crippen molar-refractivity contribution in [3.8, 4) is 5.69 Å². The summed E-state index contributed by atoms with van der Waals surface area (Å²) >= 11 is 0. The summed E-state index contributed by atoms with van der Waals surface area (Å²) in [6, 6.07) is 17.5. The maximum atomic E-state index is 13.0. The SMILES string of the molecule is Cc1nn(-c2ccccc2)c(C)c1C1C(=O)NCCN1CC(=O)NCCc1c[nH]c2ccccc12. The van der Waals surface area contributed by atoms with Gasteiger partial charge in [-0.2, -0.15) is 5.10 Å². The van der Waals surface area contributed by atoms with Crippen LogP contribution in [0.15, 0.2) is 60.8 Å². The van der Waals surface area contributed by atoms with Crippen LogP contribution in [-0.4, -0.2) is 57.7 Å². The number of rotatable bonds is 7. The zero-order valence-corrected chi connectivity index (χ0v) is 20.0. The summed E-state index contributed by atoms with van der Waals surface area (Å²) in [6.07, 6.45) is 2.74. The third-order valence-electron chi connectivity index (χ3n) is 6.67. The number of benzene rings is 2. The number of aromatic nitrogens is 3. The van der Waals surface area contributed by atoms with Crippen molar-refractivity contribution >= 4 is 22.7 Å². The normalized spacial score (nSPS) is 16.4. The van der Waals surface area contributed by atoms with Gasteiger partial charge in [-0.1, -0.05) is 36.4 Å². The maximum Gasteiger partial charge on any atom is 0.242 e. The molecule has 1 saturated heterocycles. The van der Waals surface area contributed by atoms with Gasteiger partial charge in [0.2, 0.25) is 11.8 Å². The van der Waals surface area contributed by atoms with E-state index in [1.165, 1.54) is 10.9 Å². The number of hydrogen-bond donors (Lipinski definition) is 3. The lowest BCUT2D eigenvalue weighted by molar-refractivity contribution is -0.131. The van der Waals surface area contributed by atoms with Gasteiger partial charge in [0.05, 0.1) is 17.9 Å². The lowest BCUT2D eigenvalue weighted by Gasteiger charge is -2.34. The van der Waals surface area contributed by atoms with Gasteiger partial charge in [-0.15, -0.1) is 0 Å². The lowest BCUT2D eigenvalue weighted by Crippen LogP contribution is -2.53. The first-order valence-electron chi connectivity index (χ1n) is 12.0. The summed E-state index contributed by atoms with van der Waals surface area (Å²) < 4.78 is 1.87. The van der Waals surface area contributed by atoms with E-state index in [0.717, 1.165) is 34.6 Å². The Kier molecular flexibility index (Phi) is 6.37. The number of hydrogen-bond acceptors (Lipinski definition) is 4. The van der Waals surface area contributed by atoms with E-state index in [1.807, 2.05) is 78.2 Å². The van der Waals surface area contributed by atoms with Gasteiger partial charge in [0, 0.05) is 48.0 Å². The molecule has 0 saturated carbocycles. The molecule has 0 aliphatic carbocycles. The highest BCUT2D eigenvalue weighted by atomic mass is 16.2. The van der Waals surface area contributed by atoms with Crippen molar-refractivity contribution in [1.82, 2.24) is 30.3 Å². The van der Waals surface area contributed by atoms with Gasteiger partial charge in [0.1, 0.15) is 6.04 Å². The van der Waals surface area contributed by atoms with E-state index < -0.39 is 6.04 Å². The monoisotopic (exact) mass is 470 g/mol. The first-order valence-corrected chi connectivity index (χ1v) is 12.0. The second kappa shape index (κ2) is 9.76. The molecule has 3 N–H and O–H groups in total. The molecule has 0 radical (unpaired) electrons. The lowest BCUT2D eigenvalue weighted by atomic mass is 10.00. The van der Waals surface area contributed by atoms with Crippen molar-refractivity contribution in [3.63, 3.8) is 0 Å². The second-order valence-electron chi connectivity index (χ2n) is 8.96. The molecule has 1 atom stereocenters. The van der Waals surface area contributed by atoms with Gasteiger partial charge in [0.15, 0.2) is 0 Å². The summed E-state index contributed by atoms with van der Waals surface area (Å²) in [7, 11) is 0. The minimum absolute atomic E-state index is 0.0877. The van der Waals surface area contributed by atoms with Crippen LogP contribution in [0.2, 0.25) is 0 Å². The third-order valence-corrected chi connectivity index (χ3v) is 6.67. The predicted molar refractivity (Wildman–Crippen MR) is 135 cm³/mol. The summed E-state index contributed by atoms with van der Waals surface area (Å²) in [5, 5.41) is 11.9. The number of piperazine rings is 1. The molecule has 1 fully saturated rings. The van der Waals surface area contributed by atoms with E-state index in [2.05, 4.69) is 21.7 Å². The Morgan fingerprint density at radius 3 is 2.71 bits per heavy atom. The highest BCUT2D eigenvalue weighted by molar-refractivity contribution is 5.86. The number of aryl methyl sites for hydroxylation is 1. The average Bonchev–Trinajstić information content (AvgIpc) is 3.40. The Labute approximate surface area is 204 Å². The van der Waals surface area contributed by atoms with E-state index >= 15 is 0 Å². The smallest absolute Gasteiger partial charge is 0.242 e. The zero-order chi connectivity index (χ0) is 24.4. The first-order chi connectivity index (χ1) is 17.0. The van der Waals surface area contributed by atoms with Crippen molar-refractivity contribution < 1.29 is 9.59 Å². The van der Waals surface area contributed by atoms with Crippen LogP contribution in [-0.2, 0) is 16.0 Å². The van der Waals surface area contributed by atoms with Crippen molar-refractivity contribution in [3.05, 3.63) is 83.3 Å². The van der Waals surface area contributed by atoms with Gasteiger partial charge < -0.3 is 15.6 Å². The number of nitrogens with one attached hydrogen (secondary N) is 3. The number of nitrogens with zero attached hydrogens (tertiary/aromatic N) is 3. The average molecular weight is 471 g/mol. The number of para-hydroxylation sites is 2. The number of carbonyl (C=O) groups is 2. The zero-order valence-electron chi connectivity index (χ0n) is 20.0. The van der Waals surface area contributed by atoms with E-state index in [0.29, 0.717) is 19.6 Å². The van der Waals surface area contributed by atoms with Crippen LogP contribution in [0, 0.1) is 13.8 Å². The largest absolute Gasteiger partial charge is 0.361 e. The molecular weight excluding hydrogens is 440 g/mol. The third kappa shape index (κ3) is 4.57. The molecule has 2 amide bonds. The Morgan fingerprint density at radius 2 is 1.89 bits per heavy atom. The summed E-state index contributed by atoms with van der Waals surface area (Å²) in [5.74, 6) is -0.183. The molecular formula is C27H30N6O2. The molecule has 1 aliphatic heterocycles. The van der Waals surface area contributed by atoms with Gasteiger partial charge in [0.25, 0.3) is 0 Å². The summed E-state index contributed by atoms with van der Waals surface area (Å²) in [6.45, 7) is 5.70. The quantitative estimate of drug-likeness (QED) is 0.387. The van der Waals surface area contributed by atoms with Crippen molar-refractivity contribution in [2.45, 2.75) is 26.3 Å². The highest BCUT2D eigenvalue weighted by Gasteiger charge is 2.36. The summed E-state index contributed by atoms with van der Waals surface area (Å²) in [4.78, 5) is 31.1. The van der Waals surface area contributed by atoms with Gasteiger partial charge in [-0.25, -0.2) is 4.68 Å². The molecule has 8 nitrogen and oxygen atoms in total. The van der Waals surface area contributed by atoms with Crippen LogP contribution >= 0.6 is 0 Å². The fraction of sp³-hybridized carbons (Fsp3) is 0.296. The minimum Gasteiger partial charge on any atom is -0.361 e. The molecule has 35 heavy (non-hydrogen) atoms. The van der Waals surface area contributed by atoms with Crippen molar-refractivity contribution in [2.75, 3.05) is 26.2 Å². The minimum atomic E-state index is -0.555. The standard InChI is InChI=1S/C27H30N6O2/c1-18-25(19(2)33(31-18)21-8-4-3-5-9-21)26-27(35)29-14-15-32(26)17-24(34)28-13-12-20-16-30-23-11-7-6-10-22(20)23/h3-11,16,26,30H,12-15,17H2,1-2H3,(H,28,34)(H,29,35). The highest BCUT2D eigenvalue weighted by Crippen LogP contribution is 2.30. The molecule has 180 valence electrons. The molecule has 0 bridgehead atoms. The fourth-order valence-corrected chi connectivity index (χ4v) is 4.98. The second-order valence-corrected chi connectivity index (χ2v) is 8.96. The molecule has 4 aromatic rings. The molecule has 1 aliphatic rings. The molecule has 2 aromatic carbocycles. The van der Waals surface area contributed by atoms with E-state index in [4.69, 9.17) is 5.10 Å². The van der Waals surface area contributed by atoms with E-state index in [9.17, 15) is 9.59 Å². The molecule has 5 rings (SSSR count). The van der Waals surface area contributed by atoms with Crippen molar-refractivity contribution in [1.29, 1.82) is 0 Å². The van der Waals surface area contributed by atoms with Crippen LogP contribution in [0.3, 0.4) is 0 Å². The number of amides is 2. The molecule has 8 heteroatoms. The van der Waals surface area contributed by atoms with Crippen LogP contribution in [0.25, 0.3) is 16.6 Å². The van der Waals surface area contributed by atoms with Gasteiger partial charge in [-0.3, -0.25) is 14.5 Å². The van der Waals surface area contributed by atoms with Crippen molar-refractivity contribution in [2.24, 2.45) is 0 Å². The predicted octanol–water partition coefficient (Wildman–Crippen LogP) is 2.80. The van der Waals surface area contributed by atoms with Crippen LogP contribution in [0.4, 0.5) is 0 Å². The van der Waals surface area contributed by atoms with E-state index in [1.54, 1.807) is 0 Å². The fourth-order valence-electron chi connectivity index (χ4n) is 4.98. The molecule has 3 heterocycles. The maximum absolute atomic E-state index is 13.0. The Hall–Kier alpha value is -3.91. The topological polar surface area (TPSA) is 95.1 Å². The van der Waals surface area contributed by atoms with Crippen LogP contribution in [0.5, 0.6) is 0 Å². The van der Waals surface area contributed by atoms with Crippen LogP contribution in [0.1, 0.15) is 28.6 Å². The van der Waals surface area contributed by atoms with Gasteiger partial charge in [-0.05, 0) is 44.0 Å². The first kappa shape index (κ1) is 22.9. The number of H-pyrrole nitrogens is 1. The Balaban J connectivity index is 1.29. The molecule has 1 unspecified atom stereocenters. The number of aromatic amines is 1. The van der Waals surface area contributed by atoms with Crippen LogP contribution < -0.4 is 10.6 Å². The summed E-state index contributed by atoms with van der Waals surface area (Å²) in [5.41, 5.74) is 5.77.